The van der Waals surface area contributed by atoms with Crippen molar-refractivity contribution in [2.75, 3.05) is 0 Å². The number of hydrogen-bond donors (Lipinski definition) is 1. The SMILES string of the molecule is CCC(C)C(C)(O)c1c(Br)cnn1C. The van der Waals surface area contributed by atoms with Gasteiger partial charge in [-0.25, -0.2) is 0 Å². The molecule has 0 spiro atoms. The monoisotopic (exact) mass is 260 g/mol. The second-order valence-corrected chi connectivity index (χ2v) is 4.78. The van der Waals surface area contributed by atoms with Gasteiger partial charge in [-0.15, -0.1) is 0 Å². The molecular weight excluding hydrogens is 244 g/mol. The largest absolute Gasteiger partial charge is 0.384 e. The molecule has 14 heavy (non-hydrogen) atoms. The zero-order valence-corrected chi connectivity index (χ0v) is 10.7. The van der Waals surface area contributed by atoms with Crippen LogP contribution in [0.1, 0.15) is 32.9 Å². The van der Waals surface area contributed by atoms with E-state index < -0.39 is 5.60 Å². The van der Waals surface area contributed by atoms with Gasteiger partial charge in [0.15, 0.2) is 0 Å². The first-order valence-electron chi connectivity index (χ1n) is 4.81. The zero-order chi connectivity index (χ0) is 10.9. The van der Waals surface area contributed by atoms with Gasteiger partial charge in [0, 0.05) is 7.05 Å². The van der Waals surface area contributed by atoms with Crippen LogP contribution in [0.5, 0.6) is 0 Å². The summed E-state index contributed by atoms with van der Waals surface area (Å²) < 4.78 is 2.58. The molecule has 1 N–H and O–H groups in total. The average molecular weight is 261 g/mol. The van der Waals surface area contributed by atoms with E-state index in [-0.39, 0.29) is 5.92 Å². The Morgan fingerprint density at radius 2 is 2.29 bits per heavy atom. The van der Waals surface area contributed by atoms with Crippen molar-refractivity contribution in [3.05, 3.63) is 16.4 Å². The van der Waals surface area contributed by atoms with Crippen LogP contribution in [0.15, 0.2) is 10.7 Å². The maximum Gasteiger partial charge on any atom is 0.107 e. The Bertz CT molecular complexity index is 300. The molecule has 3 nitrogen and oxygen atoms in total. The van der Waals surface area contributed by atoms with Crippen LogP contribution < -0.4 is 0 Å². The maximum absolute atomic E-state index is 10.4. The summed E-state index contributed by atoms with van der Waals surface area (Å²) >= 11 is 3.41. The lowest BCUT2D eigenvalue weighted by molar-refractivity contribution is -0.00805. The Labute approximate surface area is 93.3 Å². The molecule has 1 aromatic heterocycles. The fourth-order valence-corrected chi connectivity index (χ4v) is 2.36. The summed E-state index contributed by atoms with van der Waals surface area (Å²) in [4.78, 5) is 0. The number of halogens is 1. The van der Waals surface area contributed by atoms with Crippen LogP contribution in [0.3, 0.4) is 0 Å². The molecule has 0 fully saturated rings. The highest BCUT2D eigenvalue weighted by Crippen LogP contribution is 2.35. The molecule has 0 aliphatic heterocycles. The second kappa shape index (κ2) is 4.03. The van der Waals surface area contributed by atoms with Crippen molar-refractivity contribution in [1.82, 2.24) is 9.78 Å². The minimum Gasteiger partial charge on any atom is -0.384 e. The first kappa shape index (κ1) is 11.7. The molecule has 0 aliphatic rings. The molecule has 0 aromatic carbocycles. The predicted molar refractivity (Wildman–Crippen MR) is 59.9 cm³/mol. The van der Waals surface area contributed by atoms with Gasteiger partial charge in [0.05, 0.1) is 16.4 Å². The predicted octanol–water partition coefficient (Wildman–Crippen LogP) is 2.44. The fraction of sp³-hybridized carbons (Fsp3) is 0.700. The van der Waals surface area contributed by atoms with Gasteiger partial charge in [0.2, 0.25) is 0 Å². The lowest BCUT2D eigenvalue weighted by atomic mass is 9.86. The Morgan fingerprint density at radius 1 is 1.71 bits per heavy atom. The number of hydrogen-bond acceptors (Lipinski definition) is 2. The molecule has 80 valence electrons. The highest BCUT2D eigenvalue weighted by Gasteiger charge is 2.34. The molecule has 1 heterocycles. The molecule has 1 rings (SSSR count). The Kier molecular flexibility index (Phi) is 3.37. The lowest BCUT2D eigenvalue weighted by Gasteiger charge is -2.30. The lowest BCUT2D eigenvalue weighted by Crippen LogP contribution is -2.32. The summed E-state index contributed by atoms with van der Waals surface area (Å²) in [6, 6.07) is 0. The number of aromatic nitrogens is 2. The quantitative estimate of drug-likeness (QED) is 0.907. The molecule has 0 saturated carbocycles. The van der Waals surface area contributed by atoms with Gasteiger partial charge >= 0.3 is 0 Å². The Hall–Kier alpha value is -0.350. The van der Waals surface area contributed by atoms with Gasteiger partial charge in [-0.1, -0.05) is 20.3 Å². The maximum atomic E-state index is 10.4. The molecule has 0 aliphatic carbocycles. The minimum absolute atomic E-state index is 0.203. The first-order valence-corrected chi connectivity index (χ1v) is 5.60. The summed E-state index contributed by atoms with van der Waals surface area (Å²) in [7, 11) is 1.84. The highest BCUT2D eigenvalue weighted by atomic mass is 79.9. The summed E-state index contributed by atoms with van der Waals surface area (Å²) in [5.41, 5.74) is 0.00519. The number of aliphatic hydroxyl groups is 1. The van der Waals surface area contributed by atoms with Crippen LogP contribution >= 0.6 is 15.9 Å². The molecular formula is C10H17BrN2O. The van der Waals surface area contributed by atoms with Crippen molar-refractivity contribution in [2.45, 2.75) is 32.8 Å². The normalized spacial score (nSPS) is 17.9. The molecule has 1 aromatic rings. The highest BCUT2D eigenvalue weighted by molar-refractivity contribution is 9.10. The smallest absolute Gasteiger partial charge is 0.107 e. The first-order chi connectivity index (χ1) is 6.41. The molecule has 0 radical (unpaired) electrons. The van der Waals surface area contributed by atoms with E-state index in [2.05, 4.69) is 28.0 Å². The molecule has 0 saturated heterocycles. The van der Waals surface area contributed by atoms with Crippen LogP contribution in [0, 0.1) is 5.92 Å². The topological polar surface area (TPSA) is 38.1 Å². The van der Waals surface area contributed by atoms with Gasteiger partial charge in [-0.2, -0.15) is 5.10 Å². The zero-order valence-electron chi connectivity index (χ0n) is 9.08. The minimum atomic E-state index is -0.834. The standard InChI is InChI=1S/C10H17BrN2O/c1-5-7(2)10(3,14)9-8(11)6-12-13(9)4/h6-7,14H,5H2,1-4H3. The molecule has 2 unspecified atom stereocenters. The third kappa shape index (κ3) is 1.86. The van der Waals surface area contributed by atoms with Crippen LogP contribution in [0.2, 0.25) is 0 Å². The van der Waals surface area contributed by atoms with E-state index in [0.717, 1.165) is 16.6 Å². The second-order valence-electron chi connectivity index (χ2n) is 3.92. The number of aryl methyl sites for hydroxylation is 1. The number of rotatable bonds is 3. The van der Waals surface area contributed by atoms with E-state index in [0.29, 0.717) is 0 Å². The molecule has 0 amide bonds. The Morgan fingerprint density at radius 3 is 2.64 bits per heavy atom. The van der Waals surface area contributed by atoms with Crippen LogP contribution in [0.4, 0.5) is 0 Å². The summed E-state index contributed by atoms with van der Waals surface area (Å²) in [6.07, 6.45) is 2.65. The summed E-state index contributed by atoms with van der Waals surface area (Å²) in [5, 5.41) is 14.5. The van der Waals surface area contributed by atoms with Crippen molar-refractivity contribution < 1.29 is 5.11 Å². The van der Waals surface area contributed by atoms with Crippen molar-refractivity contribution in [1.29, 1.82) is 0 Å². The average Bonchev–Trinajstić information content (AvgIpc) is 2.44. The molecule has 2 atom stereocenters. The van der Waals surface area contributed by atoms with Crippen LogP contribution in [-0.2, 0) is 12.6 Å². The van der Waals surface area contributed by atoms with E-state index in [1.807, 2.05) is 20.9 Å². The van der Waals surface area contributed by atoms with E-state index >= 15 is 0 Å². The Balaban J connectivity index is 3.14. The molecule has 4 heteroatoms. The summed E-state index contributed by atoms with van der Waals surface area (Å²) in [6.45, 7) is 5.95. The van der Waals surface area contributed by atoms with Gasteiger partial charge in [-0.3, -0.25) is 4.68 Å². The summed E-state index contributed by atoms with van der Waals surface area (Å²) in [5.74, 6) is 0.203. The van der Waals surface area contributed by atoms with Gasteiger partial charge in [0.1, 0.15) is 5.60 Å². The van der Waals surface area contributed by atoms with Crippen molar-refractivity contribution in [3.63, 3.8) is 0 Å². The number of nitrogens with zero attached hydrogens (tertiary/aromatic N) is 2. The fourth-order valence-electron chi connectivity index (χ4n) is 1.61. The van der Waals surface area contributed by atoms with E-state index in [1.165, 1.54) is 0 Å². The van der Waals surface area contributed by atoms with Crippen molar-refractivity contribution in [3.8, 4) is 0 Å². The van der Waals surface area contributed by atoms with Crippen LogP contribution in [0.25, 0.3) is 0 Å². The van der Waals surface area contributed by atoms with Gasteiger partial charge in [0.25, 0.3) is 0 Å². The van der Waals surface area contributed by atoms with Crippen LogP contribution in [-0.4, -0.2) is 14.9 Å². The molecule has 0 bridgehead atoms. The third-order valence-electron chi connectivity index (χ3n) is 2.95. The van der Waals surface area contributed by atoms with E-state index in [9.17, 15) is 5.11 Å². The van der Waals surface area contributed by atoms with E-state index in [4.69, 9.17) is 0 Å². The van der Waals surface area contributed by atoms with Gasteiger partial charge < -0.3 is 5.11 Å². The van der Waals surface area contributed by atoms with Crippen molar-refractivity contribution in [2.24, 2.45) is 13.0 Å². The van der Waals surface area contributed by atoms with Crippen molar-refractivity contribution >= 4 is 15.9 Å². The third-order valence-corrected chi connectivity index (χ3v) is 3.53. The van der Waals surface area contributed by atoms with E-state index in [1.54, 1.807) is 10.9 Å². The van der Waals surface area contributed by atoms with Gasteiger partial charge in [-0.05, 0) is 28.8 Å².